The molecule has 6 atom stereocenters. The maximum absolute atomic E-state index is 14.7. The third-order valence-corrected chi connectivity index (χ3v) is 9.49. The van der Waals surface area contributed by atoms with Gasteiger partial charge in [-0.2, -0.15) is 0 Å². The number of alkyl halides is 1. The summed E-state index contributed by atoms with van der Waals surface area (Å²) in [7, 11) is 0. The molecule has 5 rings (SSSR count). The smallest absolute Gasteiger partial charge is 0.253 e. The average molecular weight is 625 g/mol. The molecular formula is C32H38BrN3O5. The van der Waals surface area contributed by atoms with Gasteiger partial charge in [-0.25, -0.2) is 0 Å². The zero-order chi connectivity index (χ0) is 29.3. The van der Waals surface area contributed by atoms with E-state index < -0.39 is 29.6 Å². The van der Waals surface area contributed by atoms with Gasteiger partial charge < -0.3 is 24.5 Å². The van der Waals surface area contributed by atoms with Crippen molar-refractivity contribution in [3.8, 4) is 0 Å². The molecule has 218 valence electrons. The van der Waals surface area contributed by atoms with Crippen LogP contribution in [-0.2, 0) is 19.1 Å². The number of carbonyl (C=O) groups excluding carboxylic acids is 3. The molecule has 3 amide bonds. The summed E-state index contributed by atoms with van der Waals surface area (Å²) in [5.41, 5.74) is -0.468. The van der Waals surface area contributed by atoms with Crippen LogP contribution in [0.5, 0.6) is 0 Å². The number of nitrogens with zero attached hydrogens (tertiary/aromatic N) is 3. The predicted octanol–water partition coefficient (Wildman–Crippen LogP) is 3.91. The lowest BCUT2D eigenvalue weighted by Gasteiger charge is -2.37. The van der Waals surface area contributed by atoms with Crippen molar-refractivity contribution in [2.24, 2.45) is 11.8 Å². The van der Waals surface area contributed by atoms with Gasteiger partial charge in [0.05, 0.1) is 17.9 Å². The molecular weight excluding hydrogens is 586 g/mol. The first-order chi connectivity index (χ1) is 19.8. The molecule has 0 radical (unpaired) electrons. The second kappa shape index (κ2) is 12.1. The third kappa shape index (κ3) is 4.91. The van der Waals surface area contributed by atoms with Crippen molar-refractivity contribution in [2.75, 3.05) is 37.7 Å². The zero-order valence-electron chi connectivity index (χ0n) is 23.5. The number of benzene rings is 2. The Morgan fingerprint density at radius 2 is 1.88 bits per heavy atom. The highest BCUT2D eigenvalue weighted by molar-refractivity contribution is 9.09. The summed E-state index contributed by atoms with van der Waals surface area (Å²) in [6.07, 6.45) is 4.35. The average Bonchev–Trinajstić information content (AvgIpc) is 3.56. The third-order valence-electron chi connectivity index (χ3n) is 8.64. The number of rotatable bonds is 12. The normalized spacial score (nSPS) is 28.1. The summed E-state index contributed by atoms with van der Waals surface area (Å²) in [5, 5.41) is 11.7. The summed E-state index contributed by atoms with van der Waals surface area (Å²) in [4.78, 5) is 47.6. The van der Waals surface area contributed by atoms with Crippen LogP contribution in [-0.4, -0.2) is 88.0 Å². The summed E-state index contributed by atoms with van der Waals surface area (Å²) in [5.74, 6) is -2.18. The molecule has 0 aromatic heterocycles. The number of likely N-dealkylation sites (tertiary alicyclic amines) is 1. The largest absolute Gasteiger partial charge is 0.396 e. The minimum absolute atomic E-state index is 0.125. The highest BCUT2D eigenvalue weighted by Crippen LogP contribution is 2.60. The lowest BCUT2D eigenvalue weighted by atomic mass is 9.70. The van der Waals surface area contributed by atoms with Crippen molar-refractivity contribution >= 4 is 50.1 Å². The fourth-order valence-electron chi connectivity index (χ4n) is 7.04. The van der Waals surface area contributed by atoms with E-state index >= 15 is 0 Å². The highest BCUT2D eigenvalue weighted by atomic mass is 79.9. The lowest BCUT2D eigenvalue weighted by Crippen LogP contribution is -2.57. The second-order valence-electron chi connectivity index (χ2n) is 11.1. The van der Waals surface area contributed by atoms with E-state index in [1.807, 2.05) is 49.4 Å². The van der Waals surface area contributed by atoms with Crippen LogP contribution in [0.1, 0.15) is 26.2 Å². The number of aliphatic hydroxyl groups is 1. The molecule has 3 fully saturated rings. The van der Waals surface area contributed by atoms with Crippen molar-refractivity contribution in [1.82, 2.24) is 9.80 Å². The molecule has 0 saturated carbocycles. The molecule has 3 aliphatic heterocycles. The number of carbonyl (C=O) groups is 3. The van der Waals surface area contributed by atoms with E-state index in [0.29, 0.717) is 31.6 Å². The van der Waals surface area contributed by atoms with Gasteiger partial charge in [0.15, 0.2) is 0 Å². The number of hydrogen-bond acceptors (Lipinski definition) is 5. The van der Waals surface area contributed by atoms with Gasteiger partial charge in [0.1, 0.15) is 11.6 Å². The topological polar surface area (TPSA) is 90.4 Å². The van der Waals surface area contributed by atoms with Gasteiger partial charge in [-0.1, -0.05) is 65.3 Å². The molecule has 1 N–H and O–H groups in total. The molecule has 3 aliphatic rings. The summed E-state index contributed by atoms with van der Waals surface area (Å²) in [6.45, 7) is 10.9. The zero-order valence-corrected chi connectivity index (χ0v) is 25.0. The molecule has 0 aliphatic carbocycles. The molecule has 2 bridgehead atoms. The number of hydrogen-bond donors (Lipinski definition) is 1. The van der Waals surface area contributed by atoms with Gasteiger partial charge in [0, 0.05) is 43.3 Å². The van der Waals surface area contributed by atoms with E-state index in [2.05, 4.69) is 29.1 Å². The molecule has 41 heavy (non-hydrogen) atoms. The van der Waals surface area contributed by atoms with E-state index in [0.717, 1.165) is 17.2 Å². The Labute approximate surface area is 249 Å². The summed E-state index contributed by atoms with van der Waals surface area (Å²) < 4.78 is 6.67. The van der Waals surface area contributed by atoms with Crippen molar-refractivity contribution in [3.05, 3.63) is 67.8 Å². The Morgan fingerprint density at radius 1 is 1.15 bits per heavy atom. The Bertz CT molecular complexity index is 1350. The maximum atomic E-state index is 14.7. The summed E-state index contributed by atoms with van der Waals surface area (Å²) in [6, 6.07) is 12.8. The Hall–Kier alpha value is -3.01. The minimum atomic E-state index is -1.16. The van der Waals surface area contributed by atoms with Crippen molar-refractivity contribution in [3.63, 3.8) is 0 Å². The molecule has 8 nitrogen and oxygen atoms in total. The van der Waals surface area contributed by atoms with E-state index in [1.165, 1.54) is 0 Å². The molecule has 9 heteroatoms. The Morgan fingerprint density at radius 3 is 2.56 bits per heavy atom. The van der Waals surface area contributed by atoms with Crippen molar-refractivity contribution < 1.29 is 24.2 Å². The SMILES string of the molecule is C=CCN(CCC)C(=O)[C@H]1[C@@H]2OC3(CC2Br)C(C(=O)N(CC=C)c2ccc4ccccc4c2)N(CCCO)C(=O)[C@H]13. The number of fused-ring (bicyclic) bond motifs is 2. The first-order valence-electron chi connectivity index (χ1n) is 14.4. The monoisotopic (exact) mass is 623 g/mol. The van der Waals surface area contributed by atoms with Crippen LogP contribution < -0.4 is 4.90 Å². The van der Waals surface area contributed by atoms with Gasteiger partial charge in [-0.05, 0) is 42.2 Å². The Balaban J connectivity index is 1.57. The van der Waals surface area contributed by atoms with E-state index in [1.54, 1.807) is 26.9 Å². The molecule has 3 unspecified atom stereocenters. The number of aliphatic hydroxyl groups excluding tert-OH is 1. The van der Waals surface area contributed by atoms with Gasteiger partial charge in [-0.3, -0.25) is 14.4 Å². The van der Waals surface area contributed by atoms with Gasteiger partial charge in [-0.15, -0.1) is 13.2 Å². The fourth-order valence-corrected chi connectivity index (χ4v) is 7.99. The number of anilines is 1. The number of amides is 3. The van der Waals surface area contributed by atoms with Crippen molar-refractivity contribution in [2.45, 2.75) is 48.8 Å². The minimum Gasteiger partial charge on any atom is -0.396 e. The molecule has 3 saturated heterocycles. The van der Waals surface area contributed by atoms with Gasteiger partial charge in [0.25, 0.3) is 5.91 Å². The molecule has 3 heterocycles. The van der Waals surface area contributed by atoms with Crippen LogP contribution in [0.2, 0.25) is 0 Å². The van der Waals surface area contributed by atoms with Crippen molar-refractivity contribution in [1.29, 1.82) is 0 Å². The van der Waals surface area contributed by atoms with Crippen LogP contribution in [0.25, 0.3) is 10.8 Å². The molecule has 1 spiro atoms. The fraction of sp³-hybridized carbons (Fsp3) is 0.469. The van der Waals surface area contributed by atoms with Crippen LogP contribution in [0, 0.1) is 11.8 Å². The van der Waals surface area contributed by atoms with Gasteiger partial charge >= 0.3 is 0 Å². The van der Waals surface area contributed by atoms with Crippen LogP contribution in [0.4, 0.5) is 5.69 Å². The lowest BCUT2D eigenvalue weighted by molar-refractivity contribution is -0.145. The number of ether oxygens (including phenoxy) is 1. The molecule has 2 aromatic carbocycles. The second-order valence-corrected chi connectivity index (χ2v) is 12.3. The first kappa shape index (κ1) is 29.5. The maximum Gasteiger partial charge on any atom is 0.253 e. The highest BCUT2D eigenvalue weighted by Gasteiger charge is 2.76. The molecule has 2 aromatic rings. The first-order valence-corrected chi connectivity index (χ1v) is 15.3. The van der Waals surface area contributed by atoms with E-state index in [4.69, 9.17) is 4.74 Å². The summed E-state index contributed by atoms with van der Waals surface area (Å²) >= 11 is 3.74. The standard InChI is InChI=1S/C32H38BrN3O5/c1-4-14-34(15-5-2)29(38)25-26-30(39)36(17-9-18-37)28(32(26)20-24(33)27(25)41-32)31(40)35(16-6-3)23-13-12-21-10-7-8-11-22(21)19-23/h4,6-8,10-13,19,24-28,37H,1,3,5,9,14-18,20H2,2H3/t24?,25-,26+,27-,28?,32?/m1/s1. The Kier molecular flexibility index (Phi) is 8.68. The quantitative estimate of drug-likeness (QED) is 0.286. The number of halogens is 1. The van der Waals surface area contributed by atoms with E-state index in [-0.39, 0.29) is 42.2 Å². The predicted molar refractivity (Wildman–Crippen MR) is 163 cm³/mol. The van der Waals surface area contributed by atoms with Crippen LogP contribution in [0.3, 0.4) is 0 Å². The van der Waals surface area contributed by atoms with Crippen LogP contribution in [0.15, 0.2) is 67.8 Å². The van der Waals surface area contributed by atoms with Gasteiger partial charge in [0.2, 0.25) is 11.8 Å². The van der Waals surface area contributed by atoms with E-state index in [9.17, 15) is 19.5 Å². The van der Waals surface area contributed by atoms with Crippen LogP contribution >= 0.6 is 15.9 Å².